The summed E-state index contributed by atoms with van der Waals surface area (Å²) in [5.41, 5.74) is 2.71. The molecule has 0 amide bonds. The van der Waals surface area contributed by atoms with E-state index in [0.717, 1.165) is 4.47 Å². The van der Waals surface area contributed by atoms with Crippen LogP contribution >= 0.6 is 15.9 Å². The van der Waals surface area contributed by atoms with Gasteiger partial charge in [0, 0.05) is 4.47 Å². The highest BCUT2D eigenvalue weighted by Gasteiger charge is 2.06. The van der Waals surface area contributed by atoms with E-state index in [-0.39, 0.29) is 0 Å². The minimum atomic E-state index is 0.421. The molecule has 1 aromatic carbocycles. The van der Waals surface area contributed by atoms with Crippen molar-refractivity contribution in [2.45, 2.75) is 32.6 Å². The molecule has 0 aliphatic carbocycles. The first kappa shape index (κ1) is 11.5. The Morgan fingerprint density at radius 2 is 1.71 bits per heavy atom. The standard InChI is InChI=1S/C13H17Br/c1-5-10(4)12-6-11(9(2)3)7-13(14)8-12/h5-10H,1H2,2-4H3. The fourth-order valence-electron chi connectivity index (χ4n) is 1.37. The Morgan fingerprint density at radius 1 is 1.14 bits per heavy atom. The Balaban J connectivity index is 3.13. The molecular weight excluding hydrogens is 236 g/mol. The number of benzene rings is 1. The SMILES string of the molecule is C=CC(C)c1cc(Br)cc(C(C)C)c1. The van der Waals surface area contributed by atoms with Crippen molar-refractivity contribution in [1.82, 2.24) is 0 Å². The second kappa shape index (κ2) is 4.79. The third kappa shape index (κ3) is 2.71. The van der Waals surface area contributed by atoms with E-state index in [9.17, 15) is 0 Å². The van der Waals surface area contributed by atoms with Crippen LogP contribution in [0.4, 0.5) is 0 Å². The molecular formula is C13H17Br. The second-order valence-corrected chi connectivity index (χ2v) is 4.91. The summed E-state index contributed by atoms with van der Waals surface area (Å²) in [5, 5.41) is 0. The summed E-state index contributed by atoms with van der Waals surface area (Å²) in [4.78, 5) is 0. The summed E-state index contributed by atoms with van der Waals surface area (Å²) >= 11 is 3.54. The van der Waals surface area contributed by atoms with Crippen LogP contribution in [-0.4, -0.2) is 0 Å². The van der Waals surface area contributed by atoms with Gasteiger partial charge >= 0.3 is 0 Å². The van der Waals surface area contributed by atoms with Gasteiger partial charge in [-0.2, -0.15) is 0 Å². The molecule has 1 heteroatoms. The molecule has 0 heterocycles. The molecule has 0 saturated carbocycles. The normalized spacial score (nSPS) is 12.9. The van der Waals surface area contributed by atoms with Crippen molar-refractivity contribution in [2.75, 3.05) is 0 Å². The van der Waals surface area contributed by atoms with Crippen molar-refractivity contribution in [2.24, 2.45) is 0 Å². The van der Waals surface area contributed by atoms with Crippen molar-refractivity contribution in [3.63, 3.8) is 0 Å². The monoisotopic (exact) mass is 252 g/mol. The van der Waals surface area contributed by atoms with Gasteiger partial charge in [0.15, 0.2) is 0 Å². The molecule has 14 heavy (non-hydrogen) atoms. The zero-order valence-corrected chi connectivity index (χ0v) is 10.6. The third-order valence-corrected chi connectivity index (χ3v) is 2.95. The molecule has 0 radical (unpaired) electrons. The van der Waals surface area contributed by atoms with E-state index in [1.807, 2.05) is 6.08 Å². The summed E-state index contributed by atoms with van der Waals surface area (Å²) in [5.74, 6) is 0.994. The van der Waals surface area contributed by atoms with Crippen LogP contribution in [-0.2, 0) is 0 Å². The van der Waals surface area contributed by atoms with Gasteiger partial charge < -0.3 is 0 Å². The molecule has 0 aromatic heterocycles. The van der Waals surface area contributed by atoms with Crippen LogP contribution in [0.3, 0.4) is 0 Å². The van der Waals surface area contributed by atoms with Crippen LogP contribution in [0.5, 0.6) is 0 Å². The molecule has 0 spiro atoms. The largest absolute Gasteiger partial charge is 0.102 e. The lowest BCUT2D eigenvalue weighted by atomic mass is 9.95. The highest BCUT2D eigenvalue weighted by atomic mass is 79.9. The Morgan fingerprint density at radius 3 is 2.21 bits per heavy atom. The number of rotatable bonds is 3. The van der Waals surface area contributed by atoms with E-state index < -0.39 is 0 Å². The van der Waals surface area contributed by atoms with E-state index in [1.165, 1.54) is 11.1 Å². The van der Waals surface area contributed by atoms with E-state index in [4.69, 9.17) is 0 Å². The predicted octanol–water partition coefficient (Wildman–Crippen LogP) is 4.86. The predicted molar refractivity (Wildman–Crippen MR) is 66.8 cm³/mol. The fourth-order valence-corrected chi connectivity index (χ4v) is 1.90. The van der Waals surface area contributed by atoms with Gasteiger partial charge in [0.1, 0.15) is 0 Å². The highest BCUT2D eigenvalue weighted by molar-refractivity contribution is 9.10. The Kier molecular flexibility index (Phi) is 3.94. The maximum absolute atomic E-state index is 3.83. The zero-order chi connectivity index (χ0) is 10.7. The molecule has 0 aliphatic rings. The lowest BCUT2D eigenvalue weighted by Crippen LogP contribution is -1.94. The summed E-state index contributed by atoms with van der Waals surface area (Å²) in [7, 11) is 0. The lowest BCUT2D eigenvalue weighted by molar-refractivity contribution is 0.855. The Bertz CT molecular complexity index is 326. The first-order valence-electron chi connectivity index (χ1n) is 4.97. The van der Waals surface area contributed by atoms with Gasteiger partial charge in [-0.15, -0.1) is 6.58 Å². The molecule has 0 bridgehead atoms. The van der Waals surface area contributed by atoms with Crippen LogP contribution in [0.2, 0.25) is 0 Å². The quantitative estimate of drug-likeness (QED) is 0.674. The number of halogens is 1. The summed E-state index contributed by atoms with van der Waals surface area (Å²) in [6, 6.07) is 6.62. The van der Waals surface area contributed by atoms with Gasteiger partial charge in [0.05, 0.1) is 0 Å². The smallest absolute Gasteiger partial charge is 0.0181 e. The topological polar surface area (TPSA) is 0 Å². The number of allylic oxidation sites excluding steroid dienone is 1. The zero-order valence-electron chi connectivity index (χ0n) is 9.05. The minimum Gasteiger partial charge on any atom is -0.102 e. The maximum atomic E-state index is 3.83. The van der Waals surface area contributed by atoms with Crippen LogP contribution in [0.15, 0.2) is 35.3 Å². The average molecular weight is 253 g/mol. The Labute approximate surface area is 95.2 Å². The number of hydrogen-bond donors (Lipinski definition) is 0. The van der Waals surface area contributed by atoms with Crippen LogP contribution in [0, 0.1) is 0 Å². The molecule has 1 aromatic rings. The van der Waals surface area contributed by atoms with Crippen molar-refractivity contribution in [3.05, 3.63) is 46.5 Å². The lowest BCUT2D eigenvalue weighted by Gasteiger charge is -2.12. The van der Waals surface area contributed by atoms with Gasteiger partial charge in [0.2, 0.25) is 0 Å². The molecule has 1 rings (SSSR count). The summed E-state index contributed by atoms with van der Waals surface area (Å²) in [6.45, 7) is 10.4. The Hall–Kier alpha value is -0.560. The molecule has 76 valence electrons. The number of hydrogen-bond acceptors (Lipinski definition) is 0. The summed E-state index contributed by atoms with van der Waals surface area (Å²) in [6.07, 6.45) is 1.98. The van der Waals surface area contributed by atoms with Gasteiger partial charge in [0.25, 0.3) is 0 Å². The molecule has 1 atom stereocenters. The maximum Gasteiger partial charge on any atom is 0.0181 e. The highest BCUT2D eigenvalue weighted by Crippen LogP contribution is 2.26. The van der Waals surface area contributed by atoms with Crippen molar-refractivity contribution < 1.29 is 0 Å². The van der Waals surface area contributed by atoms with Crippen molar-refractivity contribution in [1.29, 1.82) is 0 Å². The molecule has 0 saturated heterocycles. The molecule has 0 N–H and O–H groups in total. The van der Waals surface area contributed by atoms with Gasteiger partial charge in [-0.1, -0.05) is 48.8 Å². The van der Waals surface area contributed by atoms with Crippen LogP contribution in [0.1, 0.15) is 43.7 Å². The van der Waals surface area contributed by atoms with Gasteiger partial charge in [-0.25, -0.2) is 0 Å². The van der Waals surface area contributed by atoms with E-state index >= 15 is 0 Å². The molecule has 1 unspecified atom stereocenters. The van der Waals surface area contributed by atoms with Gasteiger partial charge in [-0.05, 0) is 35.1 Å². The first-order valence-corrected chi connectivity index (χ1v) is 5.77. The first-order chi connectivity index (χ1) is 6.54. The van der Waals surface area contributed by atoms with Crippen molar-refractivity contribution >= 4 is 15.9 Å². The third-order valence-electron chi connectivity index (χ3n) is 2.49. The minimum absolute atomic E-state index is 0.421. The van der Waals surface area contributed by atoms with Gasteiger partial charge in [-0.3, -0.25) is 0 Å². The van der Waals surface area contributed by atoms with E-state index in [2.05, 4.69) is 61.5 Å². The molecule has 0 nitrogen and oxygen atoms in total. The second-order valence-electron chi connectivity index (χ2n) is 4.00. The molecule has 0 fully saturated rings. The summed E-state index contributed by atoms with van der Waals surface area (Å²) < 4.78 is 1.16. The fraction of sp³-hybridized carbons (Fsp3) is 0.385. The van der Waals surface area contributed by atoms with E-state index in [0.29, 0.717) is 11.8 Å². The average Bonchev–Trinajstić information content (AvgIpc) is 2.15. The van der Waals surface area contributed by atoms with E-state index in [1.54, 1.807) is 0 Å². The van der Waals surface area contributed by atoms with Crippen LogP contribution in [0.25, 0.3) is 0 Å². The van der Waals surface area contributed by atoms with Crippen molar-refractivity contribution in [3.8, 4) is 0 Å². The van der Waals surface area contributed by atoms with Crippen LogP contribution < -0.4 is 0 Å². The molecule has 0 aliphatic heterocycles.